The minimum atomic E-state index is -1.34. The third kappa shape index (κ3) is 18.1. The first-order chi connectivity index (χ1) is 21.7. The summed E-state index contributed by atoms with van der Waals surface area (Å²) in [6.45, 7) is 8.04. The lowest BCUT2D eigenvalue weighted by molar-refractivity contribution is -0.975. The largest absolute Gasteiger partial charge is 0.544 e. The molecule has 0 aliphatic carbocycles. The van der Waals surface area contributed by atoms with Crippen molar-refractivity contribution in [2.45, 2.75) is 206 Å². The smallest absolute Gasteiger partial charge is 0.362 e. The van der Waals surface area contributed by atoms with Crippen molar-refractivity contribution in [2.24, 2.45) is 0 Å². The summed E-state index contributed by atoms with van der Waals surface area (Å²) in [5.41, 5.74) is 0. The molecule has 0 amide bonds. The van der Waals surface area contributed by atoms with Gasteiger partial charge in [-0.1, -0.05) is 136 Å². The van der Waals surface area contributed by atoms with Gasteiger partial charge < -0.3 is 20.1 Å². The van der Waals surface area contributed by atoms with Crippen LogP contribution in [0, 0.1) is 0 Å². The zero-order valence-electron chi connectivity index (χ0n) is 29.7. The Bertz CT molecular complexity index is 722. The first kappa shape index (κ1) is 43.1. The summed E-state index contributed by atoms with van der Waals surface area (Å²) in [4.78, 5) is 37.7. The molecule has 0 aliphatic heterocycles. The number of nitrogens with zero attached hydrogens (tertiary/aromatic N) is 1. The second kappa shape index (κ2) is 28.3. The van der Waals surface area contributed by atoms with E-state index in [9.17, 15) is 29.7 Å². The zero-order valence-corrected chi connectivity index (χ0v) is 29.7. The molecule has 0 aromatic carbocycles. The molecule has 0 bridgehead atoms. The van der Waals surface area contributed by atoms with Crippen LogP contribution < -0.4 is 5.11 Å². The SMILES string of the molecule is CCCCCCCCCCCCCCCCC/C=C/CCCC[N+](C(CCC)C(=O)[O-])(C(CCC)C(=O)O)C(CCC)C(=O)O. The molecule has 0 saturated heterocycles. The molecule has 264 valence electrons. The van der Waals surface area contributed by atoms with Gasteiger partial charge in [0.15, 0.2) is 12.1 Å². The molecule has 2 N–H and O–H groups in total. The fraction of sp³-hybridized carbons (Fsp3) is 0.868. The summed E-state index contributed by atoms with van der Waals surface area (Å²) < 4.78 is -0.453. The number of rotatable bonds is 33. The molecule has 3 unspecified atom stereocenters. The van der Waals surface area contributed by atoms with Gasteiger partial charge in [0.05, 0.1) is 12.5 Å². The molecular formula is C38H71NO6. The van der Waals surface area contributed by atoms with Crippen LogP contribution in [0.4, 0.5) is 0 Å². The van der Waals surface area contributed by atoms with Crippen molar-refractivity contribution in [1.82, 2.24) is 0 Å². The van der Waals surface area contributed by atoms with E-state index in [4.69, 9.17) is 0 Å². The Morgan fingerprint density at radius 1 is 0.511 bits per heavy atom. The zero-order chi connectivity index (χ0) is 33.8. The summed E-state index contributed by atoms with van der Waals surface area (Å²) in [7, 11) is 0. The molecule has 45 heavy (non-hydrogen) atoms. The van der Waals surface area contributed by atoms with Gasteiger partial charge >= 0.3 is 11.9 Å². The number of hydrogen-bond acceptors (Lipinski definition) is 4. The number of allylic oxidation sites excluding steroid dienone is 2. The van der Waals surface area contributed by atoms with E-state index in [0.29, 0.717) is 25.7 Å². The summed E-state index contributed by atoms with van der Waals surface area (Å²) in [6.07, 6.45) is 30.2. The van der Waals surface area contributed by atoms with E-state index in [0.717, 1.165) is 19.3 Å². The number of quaternary nitrogens is 1. The lowest BCUT2D eigenvalue weighted by Crippen LogP contribution is -2.74. The van der Waals surface area contributed by atoms with Gasteiger partial charge in [0.2, 0.25) is 0 Å². The molecule has 0 saturated carbocycles. The second-order valence-corrected chi connectivity index (χ2v) is 13.3. The fourth-order valence-electron chi connectivity index (χ4n) is 7.15. The standard InChI is InChI=1S/C38H71NO6/c1-5-9-10-11-12-13-14-15-16-17-18-19-20-21-22-23-24-25-26-27-28-32-39(33(29-6-2)36(40)41,34(30-7-3)37(42)43)35(31-8-4)38(44)45/h24-25,33-35H,5-23,26-32H2,1-4H3,(H2-,40,41,42,43,44,45)/b25-24+. The Morgan fingerprint density at radius 3 is 1.18 bits per heavy atom. The van der Waals surface area contributed by atoms with Gasteiger partial charge in [-0.3, -0.25) is 4.48 Å². The van der Waals surface area contributed by atoms with Gasteiger partial charge in [-0.05, 0) is 44.9 Å². The first-order valence-electron chi connectivity index (χ1n) is 18.9. The van der Waals surface area contributed by atoms with Gasteiger partial charge in [-0.25, -0.2) is 9.59 Å². The summed E-state index contributed by atoms with van der Waals surface area (Å²) in [5, 5.41) is 33.0. The Kier molecular flexibility index (Phi) is 27.2. The van der Waals surface area contributed by atoms with Crippen LogP contribution in [0.1, 0.15) is 188 Å². The maximum absolute atomic E-state index is 12.6. The lowest BCUT2D eigenvalue weighted by atomic mass is 9.91. The highest BCUT2D eigenvalue weighted by Gasteiger charge is 2.54. The van der Waals surface area contributed by atoms with Crippen molar-refractivity contribution >= 4 is 17.9 Å². The molecule has 0 aromatic rings. The first-order valence-corrected chi connectivity index (χ1v) is 18.9. The van der Waals surface area contributed by atoms with Crippen LogP contribution in [-0.4, -0.2) is 57.3 Å². The van der Waals surface area contributed by atoms with E-state index in [1.165, 1.54) is 96.3 Å². The highest BCUT2D eigenvalue weighted by molar-refractivity contribution is 5.77. The van der Waals surface area contributed by atoms with E-state index in [1.807, 2.05) is 20.8 Å². The molecule has 0 aromatic heterocycles. The van der Waals surface area contributed by atoms with Crippen LogP contribution in [0.5, 0.6) is 0 Å². The van der Waals surface area contributed by atoms with Crippen molar-refractivity contribution in [3.8, 4) is 0 Å². The molecule has 0 heterocycles. The number of aliphatic carboxylic acids is 3. The quantitative estimate of drug-likeness (QED) is 0.0421. The van der Waals surface area contributed by atoms with Gasteiger partial charge in [0.1, 0.15) is 6.04 Å². The molecule has 7 heteroatoms. The average molecular weight is 638 g/mol. The van der Waals surface area contributed by atoms with E-state index in [2.05, 4.69) is 19.1 Å². The number of hydrogen-bond donors (Lipinski definition) is 2. The van der Waals surface area contributed by atoms with E-state index in [1.54, 1.807) is 0 Å². The number of carbonyl (C=O) groups is 3. The molecule has 7 nitrogen and oxygen atoms in total. The topological polar surface area (TPSA) is 115 Å². The van der Waals surface area contributed by atoms with Crippen LogP contribution >= 0.6 is 0 Å². The Balaban J connectivity index is 4.72. The molecule has 0 radical (unpaired) electrons. The molecular weight excluding hydrogens is 566 g/mol. The van der Waals surface area contributed by atoms with Gasteiger partial charge in [0.25, 0.3) is 0 Å². The summed E-state index contributed by atoms with van der Waals surface area (Å²) in [5.74, 6) is -3.58. The van der Waals surface area contributed by atoms with E-state index < -0.39 is 40.5 Å². The number of unbranched alkanes of at least 4 members (excludes halogenated alkanes) is 17. The Hall–Kier alpha value is -1.89. The third-order valence-electron chi connectivity index (χ3n) is 9.58. The van der Waals surface area contributed by atoms with E-state index in [-0.39, 0.29) is 25.8 Å². The molecule has 0 aliphatic rings. The van der Waals surface area contributed by atoms with Crippen LogP contribution in [-0.2, 0) is 14.4 Å². The monoisotopic (exact) mass is 638 g/mol. The van der Waals surface area contributed by atoms with Gasteiger partial charge in [-0.2, -0.15) is 0 Å². The lowest BCUT2D eigenvalue weighted by Gasteiger charge is -2.52. The van der Waals surface area contributed by atoms with Gasteiger partial charge in [-0.15, -0.1) is 0 Å². The number of carboxylic acids is 3. The number of carbonyl (C=O) groups excluding carboxylic acids is 1. The second-order valence-electron chi connectivity index (χ2n) is 13.3. The molecule has 3 atom stereocenters. The summed E-state index contributed by atoms with van der Waals surface area (Å²) in [6, 6.07) is -3.37. The highest BCUT2D eigenvalue weighted by atomic mass is 16.4. The predicted molar refractivity (Wildman–Crippen MR) is 184 cm³/mol. The normalized spacial score (nSPS) is 15.1. The van der Waals surface area contributed by atoms with Crippen molar-refractivity contribution in [3.05, 3.63) is 12.2 Å². The maximum atomic E-state index is 12.6. The molecule has 0 fully saturated rings. The highest BCUT2D eigenvalue weighted by Crippen LogP contribution is 2.34. The maximum Gasteiger partial charge on any atom is 0.362 e. The average Bonchev–Trinajstić information content (AvgIpc) is 3.00. The van der Waals surface area contributed by atoms with Gasteiger partial charge in [0, 0.05) is 19.3 Å². The van der Waals surface area contributed by atoms with Crippen LogP contribution in [0.25, 0.3) is 0 Å². The summed E-state index contributed by atoms with van der Waals surface area (Å²) >= 11 is 0. The van der Waals surface area contributed by atoms with Crippen molar-refractivity contribution in [1.29, 1.82) is 0 Å². The Labute approximate surface area is 276 Å². The predicted octanol–water partition coefficient (Wildman–Crippen LogP) is 9.22. The number of carboxylic acid groups (broad SMARTS) is 3. The van der Waals surface area contributed by atoms with Crippen molar-refractivity contribution in [3.63, 3.8) is 0 Å². The van der Waals surface area contributed by atoms with Crippen molar-refractivity contribution < 1.29 is 34.2 Å². The van der Waals surface area contributed by atoms with Crippen LogP contribution in [0.2, 0.25) is 0 Å². The van der Waals surface area contributed by atoms with Crippen LogP contribution in [0.15, 0.2) is 12.2 Å². The molecule has 0 spiro atoms. The van der Waals surface area contributed by atoms with Crippen LogP contribution in [0.3, 0.4) is 0 Å². The minimum Gasteiger partial charge on any atom is -0.544 e. The third-order valence-corrected chi connectivity index (χ3v) is 9.58. The van der Waals surface area contributed by atoms with E-state index >= 15 is 0 Å². The minimum absolute atomic E-state index is 0.197. The molecule has 0 rings (SSSR count). The Morgan fingerprint density at radius 2 is 0.844 bits per heavy atom. The van der Waals surface area contributed by atoms with Crippen molar-refractivity contribution in [2.75, 3.05) is 6.54 Å². The fourth-order valence-corrected chi connectivity index (χ4v) is 7.15.